The number of nitrogens with zero attached hydrogens (tertiary/aromatic N) is 1. The predicted molar refractivity (Wildman–Crippen MR) is 110 cm³/mol. The summed E-state index contributed by atoms with van der Waals surface area (Å²) >= 11 is 0. The SMILES string of the molecule is O=C(Cc1ccccc1)NCCC(=O)Nc1ccc2nc(-c3ccco3)[nH]c2c1. The molecule has 0 aliphatic rings. The third-order valence-electron chi connectivity index (χ3n) is 4.40. The number of fused-ring (bicyclic) bond motifs is 1. The van der Waals surface area contributed by atoms with Gasteiger partial charge in [-0.15, -0.1) is 0 Å². The Morgan fingerprint density at radius 2 is 1.86 bits per heavy atom. The van der Waals surface area contributed by atoms with E-state index in [0.717, 1.165) is 16.6 Å². The van der Waals surface area contributed by atoms with E-state index in [9.17, 15) is 9.59 Å². The van der Waals surface area contributed by atoms with Crippen LogP contribution < -0.4 is 10.6 Å². The summed E-state index contributed by atoms with van der Waals surface area (Å²) in [5, 5.41) is 5.61. The van der Waals surface area contributed by atoms with Crippen LogP contribution in [0.1, 0.15) is 12.0 Å². The molecule has 0 saturated carbocycles. The Kier molecular flexibility index (Phi) is 5.38. The lowest BCUT2D eigenvalue weighted by molar-refractivity contribution is -0.120. The van der Waals surface area contributed by atoms with Crippen LogP contribution in [-0.2, 0) is 16.0 Å². The Balaban J connectivity index is 1.29. The lowest BCUT2D eigenvalue weighted by Crippen LogP contribution is -2.28. The molecule has 146 valence electrons. The zero-order valence-electron chi connectivity index (χ0n) is 15.6. The summed E-state index contributed by atoms with van der Waals surface area (Å²) in [7, 11) is 0. The molecule has 0 aliphatic heterocycles. The van der Waals surface area contributed by atoms with E-state index in [2.05, 4.69) is 20.6 Å². The van der Waals surface area contributed by atoms with Crippen molar-refractivity contribution in [2.75, 3.05) is 11.9 Å². The van der Waals surface area contributed by atoms with Crippen molar-refractivity contribution in [1.29, 1.82) is 0 Å². The van der Waals surface area contributed by atoms with Gasteiger partial charge in [0.25, 0.3) is 0 Å². The number of H-pyrrole nitrogens is 1. The zero-order valence-corrected chi connectivity index (χ0v) is 15.6. The van der Waals surface area contributed by atoms with Gasteiger partial charge >= 0.3 is 0 Å². The topological polar surface area (TPSA) is 100 Å². The molecule has 7 nitrogen and oxygen atoms in total. The van der Waals surface area contributed by atoms with Crippen molar-refractivity contribution in [3.8, 4) is 11.6 Å². The second-order valence-corrected chi connectivity index (χ2v) is 6.61. The minimum Gasteiger partial charge on any atom is -0.461 e. The van der Waals surface area contributed by atoms with Gasteiger partial charge in [0.1, 0.15) is 0 Å². The van der Waals surface area contributed by atoms with Crippen LogP contribution in [0.2, 0.25) is 0 Å². The fraction of sp³-hybridized carbons (Fsp3) is 0.136. The number of hydrogen-bond donors (Lipinski definition) is 3. The number of benzene rings is 2. The Morgan fingerprint density at radius 1 is 1.00 bits per heavy atom. The average Bonchev–Trinajstić information content (AvgIpc) is 3.38. The molecular formula is C22H20N4O3. The smallest absolute Gasteiger partial charge is 0.226 e. The van der Waals surface area contributed by atoms with Gasteiger partial charge in [-0.2, -0.15) is 0 Å². The second-order valence-electron chi connectivity index (χ2n) is 6.61. The van der Waals surface area contributed by atoms with Crippen molar-refractivity contribution in [1.82, 2.24) is 15.3 Å². The van der Waals surface area contributed by atoms with Gasteiger partial charge in [0.2, 0.25) is 11.8 Å². The summed E-state index contributed by atoms with van der Waals surface area (Å²) in [5.74, 6) is 1.01. The van der Waals surface area contributed by atoms with Crippen molar-refractivity contribution in [2.45, 2.75) is 12.8 Å². The van der Waals surface area contributed by atoms with Crippen molar-refractivity contribution >= 4 is 28.5 Å². The molecule has 2 heterocycles. The molecule has 29 heavy (non-hydrogen) atoms. The Morgan fingerprint density at radius 3 is 2.66 bits per heavy atom. The van der Waals surface area contributed by atoms with E-state index in [1.54, 1.807) is 18.4 Å². The van der Waals surface area contributed by atoms with E-state index in [-0.39, 0.29) is 24.8 Å². The Labute approximate surface area is 167 Å². The highest BCUT2D eigenvalue weighted by atomic mass is 16.3. The van der Waals surface area contributed by atoms with Crippen LogP contribution in [0, 0.1) is 0 Å². The summed E-state index contributed by atoms with van der Waals surface area (Å²) in [4.78, 5) is 31.8. The van der Waals surface area contributed by atoms with Crippen molar-refractivity contribution in [2.24, 2.45) is 0 Å². The number of anilines is 1. The maximum Gasteiger partial charge on any atom is 0.226 e. The van der Waals surface area contributed by atoms with E-state index >= 15 is 0 Å². The molecule has 4 aromatic rings. The number of rotatable bonds is 7. The number of imidazole rings is 1. The number of carbonyl (C=O) groups is 2. The number of furan rings is 1. The minimum atomic E-state index is -0.171. The lowest BCUT2D eigenvalue weighted by atomic mass is 10.1. The third-order valence-corrected chi connectivity index (χ3v) is 4.40. The highest BCUT2D eigenvalue weighted by Crippen LogP contribution is 2.23. The average molecular weight is 388 g/mol. The zero-order chi connectivity index (χ0) is 20.1. The van der Waals surface area contributed by atoms with Gasteiger partial charge in [-0.05, 0) is 35.9 Å². The molecule has 0 bridgehead atoms. The van der Waals surface area contributed by atoms with Gasteiger partial charge in [-0.3, -0.25) is 9.59 Å². The quantitative estimate of drug-likeness (QED) is 0.451. The number of aromatic nitrogens is 2. The van der Waals surface area contributed by atoms with Gasteiger partial charge in [-0.1, -0.05) is 30.3 Å². The van der Waals surface area contributed by atoms with Crippen LogP contribution in [0.25, 0.3) is 22.6 Å². The summed E-state index contributed by atoms with van der Waals surface area (Å²) in [5.41, 5.74) is 3.18. The van der Waals surface area contributed by atoms with Crippen molar-refractivity contribution in [3.63, 3.8) is 0 Å². The van der Waals surface area contributed by atoms with Crippen molar-refractivity contribution in [3.05, 3.63) is 72.5 Å². The summed E-state index contributed by atoms with van der Waals surface area (Å²) < 4.78 is 5.35. The molecule has 3 N–H and O–H groups in total. The first-order valence-corrected chi connectivity index (χ1v) is 9.31. The normalized spacial score (nSPS) is 10.8. The summed E-state index contributed by atoms with van der Waals surface area (Å²) in [6.07, 6.45) is 2.09. The number of aromatic amines is 1. The first-order valence-electron chi connectivity index (χ1n) is 9.31. The van der Waals surface area contributed by atoms with E-state index in [1.165, 1.54) is 0 Å². The monoisotopic (exact) mass is 388 g/mol. The van der Waals surface area contributed by atoms with Crippen LogP contribution in [-0.4, -0.2) is 28.3 Å². The van der Waals surface area contributed by atoms with E-state index in [0.29, 0.717) is 23.7 Å². The van der Waals surface area contributed by atoms with E-state index in [4.69, 9.17) is 4.42 Å². The van der Waals surface area contributed by atoms with E-state index in [1.807, 2.05) is 48.5 Å². The molecule has 0 radical (unpaired) electrons. The van der Waals surface area contributed by atoms with Gasteiger partial charge in [0, 0.05) is 18.7 Å². The Bertz CT molecular complexity index is 1120. The Hall–Kier alpha value is -3.87. The van der Waals surface area contributed by atoms with Crippen LogP contribution in [0.4, 0.5) is 5.69 Å². The molecule has 2 amide bonds. The molecule has 0 spiro atoms. The van der Waals surface area contributed by atoms with Gasteiger partial charge in [-0.25, -0.2) is 4.98 Å². The first-order chi connectivity index (χ1) is 14.2. The first kappa shape index (κ1) is 18.5. The molecule has 2 aromatic carbocycles. The maximum atomic E-state index is 12.2. The molecule has 0 atom stereocenters. The largest absolute Gasteiger partial charge is 0.461 e. The van der Waals surface area contributed by atoms with Gasteiger partial charge in [0.15, 0.2) is 11.6 Å². The van der Waals surface area contributed by atoms with E-state index < -0.39 is 0 Å². The number of hydrogen-bond acceptors (Lipinski definition) is 4. The second kappa shape index (κ2) is 8.43. The van der Waals surface area contributed by atoms with Crippen molar-refractivity contribution < 1.29 is 14.0 Å². The number of nitrogens with one attached hydrogen (secondary N) is 3. The summed E-state index contributed by atoms with van der Waals surface area (Å²) in [6, 6.07) is 18.6. The highest BCUT2D eigenvalue weighted by Gasteiger charge is 2.10. The fourth-order valence-electron chi connectivity index (χ4n) is 3.00. The highest BCUT2D eigenvalue weighted by molar-refractivity contribution is 5.93. The molecule has 2 aromatic heterocycles. The van der Waals surface area contributed by atoms with Crippen LogP contribution in [0.15, 0.2) is 71.3 Å². The third kappa shape index (κ3) is 4.70. The molecule has 7 heteroatoms. The number of amides is 2. The predicted octanol–water partition coefficient (Wildman–Crippen LogP) is 3.51. The van der Waals surface area contributed by atoms with Crippen LogP contribution >= 0.6 is 0 Å². The standard InChI is InChI=1S/C22H20N4O3/c27-20(10-11-23-21(28)13-15-5-2-1-3-6-15)24-16-8-9-17-18(14-16)26-22(25-17)19-7-4-12-29-19/h1-9,12,14H,10-11,13H2,(H,23,28)(H,24,27)(H,25,26). The molecule has 0 fully saturated rings. The van der Waals surface area contributed by atoms with Crippen LogP contribution in [0.5, 0.6) is 0 Å². The lowest BCUT2D eigenvalue weighted by Gasteiger charge is -2.07. The molecule has 0 unspecified atom stereocenters. The number of carbonyl (C=O) groups excluding carboxylic acids is 2. The van der Waals surface area contributed by atoms with Gasteiger partial charge in [0.05, 0.1) is 23.7 Å². The van der Waals surface area contributed by atoms with Crippen LogP contribution in [0.3, 0.4) is 0 Å². The molecule has 0 saturated heterocycles. The molecular weight excluding hydrogens is 368 g/mol. The molecule has 0 aliphatic carbocycles. The fourth-order valence-corrected chi connectivity index (χ4v) is 3.00. The maximum absolute atomic E-state index is 12.2. The summed E-state index contributed by atoms with van der Waals surface area (Å²) in [6.45, 7) is 0.284. The van der Waals surface area contributed by atoms with Gasteiger partial charge < -0.3 is 20.0 Å². The molecule has 4 rings (SSSR count). The minimum absolute atomic E-state index is 0.103.